The summed E-state index contributed by atoms with van der Waals surface area (Å²) in [4.78, 5) is 21.1. The van der Waals surface area contributed by atoms with E-state index in [4.69, 9.17) is 4.74 Å². The fourth-order valence-corrected chi connectivity index (χ4v) is 6.04. The Hall–Kier alpha value is -4.06. The molecule has 2 aliphatic rings. The molecule has 0 aliphatic carbocycles. The van der Waals surface area contributed by atoms with Crippen LogP contribution in [-0.2, 0) is 27.9 Å². The third-order valence-electron chi connectivity index (χ3n) is 8.85. The Morgan fingerprint density at radius 3 is 2.52 bits per heavy atom. The molecule has 11 heteroatoms. The van der Waals surface area contributed by atoms with Crippen LogP contribution >= 0.6 is 0 Å². The number of amides is 1. The number of halogens is 3. The van der Waals surface area contributed by atoms with Gasteiger partial charge in [-0.2, -0.15) is 18.4 Å². The number of rotatable bonds is 9. The van der Waals surface area contributed by atoms with Gasteiger partial charge in [-0.05, 0) is 100 Å². The zero-order valence-corrected chi connectivity index (χ0v) is 26.5. The van der Waals surface area contributed by atoms with E-state index in [0.29, 0.717) is 61.4 Å². The Morgan fingerprint density at radius 1 is 1.09 bits per heavy atom. The third kappa shape index (κ3) is 8.80. The lowest BCUT2D eigenvalue weighted by molar-refractivity contribution is -0.140. The molecule has 0 atom stereocenters. The highest BCUT2D eigenvalue weighted by molar-refractivity contribution is 5.83. The van der Waals surface area contributed by atoms with Gasteiger partial charge in [-0.15, -0.1) is 0 Å². The molecule has 2 aromatic heterocycles. The number of carbonyl (C=O) groups excluding carboxylic acids is 1. The van der Waals surface area contributed by atoms with Crippen molar-refractivity contribution < 1.29 is 22.7 Å². The van der Waals surface area contributed by atoms with E-state index in [1.54, 1.807) is 38.2 Å². The number of alkyl halides is 3. The van der Waals surface area contributed by atoms with Gasteiger partial charge in [0.05, 0.1) is 61.1 Å². The minimum Gasteiger partial charge on any atom is -0.378 e. The largest absolute Gasteiger partial charge is 0.406 e. The summed E-state index contributed by atoms with van der Waals surface area (Å²) in [5.41, 5.74) is 2.58. The molecule has 1 amide bonds. The summed E-state index contributed by atoms with van der Waals surface area (Å²) < 4.78 is 47.2. The van der Waals surface area contributed by atoms with Crippen molar-refractivity contribution in [3.63, 3.8) is 0 Å². The van der Waals surface area contributed by atoms with Gasteiger partial charge in [0, 0.05) is 24.0 Å². The fourth-order valence-electron chi connectivity index (χ4n) is 6.04. The van der Waals surface area contributed by atoms with Crippen LogP contribution in [0.15, 0.2) is 42.6 Å². The van der Waals surface area contributed by atoms with Crippen molar-refractivity contribution >= 4 is 22.5 Å². The molecule has 1 aromatic carbocycles. The topological polar surface area (TPSA) is 86.4 Å². The molecule has 0 bridgehead atoms. The summed E-state index contributed by atoms with van der Waals surface area (Å²) >= 11 is 0. The zero-order valence-electron chi connectivity index (χ0n) is 26.5. The molecule has 244 valence electrons. The number of likely N-dealkylation sites (tertiary alicyclic amines) is 1. The average molecular weight is 635 g/mol. The molecule has 1 N–H and O–H groups in total. The normalized spacial score (nSPS) is 16.6. The highest BCUT2D eigenvalue weighted by Gasteiger charge is 2.30. The van der Waals surface area contributed by atoms with Crippen LogP contribution in [-0.4, -0.2) is 83.9 Å². The van der Waals surface area contributed by atoms with Crippen LogP contribution in [0.3, 0.4) is 0 Å². The number of hydrogen-bond acceptors (Lipinski definition) is 6. The number of ether oxygens (including phenoxy) is 1. The summed E-state index contributed by atoms with van der Waals surface area (Å²) in [5.74, 6) is 6.61. The van der Waals surface area contributed by atoms with Crippen molar-refractivity contribution in [3.8, 4) is 17.9 Å². The smallest absolute Gasteiger partial charge is 0.378 e. The quantitative estimate of drug-likeness (QED) is 0.319. The first kappa shape index (κ1) is 33.3. The number of pyridine rings is 1. The number of anilines is 1. The highest BCUT2D eigenvalue weighted by Crippen LogP contribution is 2.28. The predicted octanol–water partition coefficient (Wildman–Crippen LogP) is 5.37. The number of piperidine rings is 1. The molecule has 4 heterocycles. The second kappa shape index (κ2) is 14.6. The van der Waals surface area contributed by atoms with Gasteiger partial charge in [-0.25, -0.2) is 0 Å². The zero-order chi connectivity index (χ0) is 32.7. The molecule has 46 heavy (non-hydrogen) atoms. The highest BCUT2D eigenvalue weighted by atomic mass is 19.4. The summed E-state index contributed by atoms with van der Waals surface area (Å²) in [7, 11) is 0. The molecule has 0 radical (unpaired) electrons. The minimum absolute atomic E-state index is 0.178. The van der Waals surface area contributed by atoms with Crippen molar-refractivity contribution in [2.45, 2.75) is 57.7 Å². The number of fused-ring (bicyclic) bond motifs is 1. The second-order valence-corrected chi connectivity index (χ2v) is 12.7. The van der Waals surface area contributed by atoms with Gasteiger partial charge >= 0.3 is 6.18 Å². The van der Waals surface area contributed by atoms with E-state index in [0.717, 1.165) is 49.7 Å². The van der Waals surface area contributed by atoms with Gasteiger partial charge in [0.2, 0.25) is 5.91 Å². The van der Waals surface area contributed by atoms with E-state index >= 15 is 0 Å². The standard InChI is InChI=1S/C35H41F3N6O2/c1-34(2,24-39)32-10-8-29(22-41-32)40-13-3-4-30-21-28-20-27(7-9-31(28)44(30)25-35(36,37)38)6-5-26-11-14-42(15-12-26)23-33(45)43-16-18-46-19-17-43/h7-10,20-22,26,40H,5-6,11-19,23,25H2,1-2H3. The number of morpholine rings is 1. The Bertz CT molecular complexity index is 1600. The molecular weight excluding hydrogens is 593 g/mol. The first-order valence-corrected chi connectivity index (χ1v) is 15.9. The Balaban J connectivity index is 1.17. The predicted molar refractivity (Wildman–Crippen MR) is 171 cm³/mol. The lowest BCUT2D eigenvalue weighted by Crippen LogP contribution is -2.47. The molecule has 0 spiro atoms. The molecule has 2 aliphatic heterocycles. The number of carbonyl (C=O) groups is 1. The average Bonchev–Trinajstić information content (AvgIpc) is 3.38. The van der Waals surface area contributed by atoms with Crippen LogP contribution in [0.25, 0.3) is 10.9 Å². The SMILES string of the molecule is CC(C)(C#N)c1ccc(NCC#Cc2cc3cc(CCC4CCN(CC(=O)N5CCOCC5)CC4)ccc3n2CC(F)(F)F)cn1. The number of aromatic nitrogens is 2. The molecule has 0 saturated carbocycles. The maximum Gasteiger partial charge on any atom is 0.406 e. The van der Waals surface area contributed by atoms with Gasteiger partial charge < -0.3 is 19.5 Å². The summed E-state index contributed by atoms with van der Waals surface area (Å²) in [6.45, 7) is 7.52. The van der Waals surface area contributed by atoms with Crippen molar-refractivity contribution in [1.29, 1.82) is 5.26 Å². The van der Waals surface area contributed by atoms with E-state index in [1.165, 1.54) is 4.57 Å². The van der Waals surface area contributed by atoms with Gasteiger partial charge in [0.15, 0.2) is 0 Å². The van der Waals surface area contributed by atoms with Crippen LogP contribution in [0.2, 0.25) is 0 Å². The number of nitrogens with zero attached hydrogens (tertiary/aromatic N) is 5. The third-order valence-corrected chi connectivity index (χ3v) is 8.85. The molecule has 2 fully saturated rings. The van der Waals surface area contributed by atoms with Gasteiger partial charge in [0.1, 0.15) is 6.54 Å². The lowest BCUT2D eigenvalue weighted by Gasteiger charge is -2.34. The molecule has 0 unspecified atom stereocenters. The van der Waals surface area contributed by atoms with E-state index in [-0.39, 0.29) is 12.5 Å². The van der Waals surface area contributed by atoms with Crippen molar-refractivity contribution in [2.24, 2.45) is 5.92 Å². The van der Waals surface area contributed by atoms with E-state index in [1.807, 2.05) is 23.1 Å². The Morgan fingerprint density at radius 2 is 1.85 bits per heavy atom. The fraction of sp³-hybridized carbons (Fsp3) is 0.514. The van der Waals surface area contributed by atoms with Crippen LogP contribution in [0.4, 0.5) is 18.9 Å². The monoisotopic (exact) mass is 634 g/mol. The Labute approximate surface area is 268 Å². The van der Waals surface area contributed by atoms with Gasteiger partial charge in [0.25, 0.3) is 0 Å². The van der Waals surface area contributed by atoms with Crippen LogP contribution in [0, 0.1) is 29.1 Å². The number of hydrogen-bond donors (Lipinski definition) is 1. The number of aryl methyl sites for hydroxylation is 1. The second-order valence-electron chi connectivity index (χ2n) is 12.7. The number of nitrogens with one attached hydrogen (secondary N) is 1. The van der Waals surface area contributed by atoms with E-state index < -0.39 is 18.1 Å². The van der Waals surface area contributed by atoms with Crippen LogP contribution in [0.5, 0.6) is 0 Å². The maximum absolute atomic E-state index is 13.5. The van der Waals surface area contributed by atoms with Crippen molar-refractivity contribution in [2.75, 3.05) is 57.8 Å². The number of benzene rings is 1. The molecular formula is C35H41F3N6O2. The first-order valence-electron chi connectivity index (χ1n) is 15.9. The maximum atomic E-state index is 13.5. The van der Waals surface area contributed by atoms with Gasteiger partial charge in [-0.1, -0.05) is 12.0 Å². The summed E-state index contributed by atoms with van der Waals surface area (Å²) in [6.07, 6.45) is 1.16. The van der Waals surface area contributed by atoms with E-state index in [2.05, 4.69) is 33.1 Å². The molecule has 2 saturated heterocycles. The summed E-state index contributed by atoms with van der Waals surface area (Å²) in [5, 5.41) is 13.2. The lowest BCUT2D eigenvalue weighted by atomic mass is 9.90. The molecule has 5 rings (SSSR count). The summed E-state index contributed by atoms with van der Waals surface area (Å²) in [6, 6.07) is 13.2. The Kier molecular flexibility index (Phi) is 10.6. The van der Waals surface area contributed by atoms with Gasteiger partial charge in [-0.3, -0.25) is 14.7 Å². The van der Waals surface area contributed by atoms with E-state index in [9.17, 15) is 23.2 Å². The van der Waals surface area contributed by atoms with Crippen LogP contribution < -0.4 is 5.32 Å². The van der Waals surface area contributed by atoms with Crippen molar-refractivity contribution in [1.82, 2.24) is 19.4 Å². The number of nitriles is 1. The molecule has 8 nitrogen and oxygen atoms in total. The minimum atomic E-state index is -4.38. The first-order chi connectivity index (χ1) is 22.0. The van der Waals surface area contributed by atoms with Crippen molar-refractivity contribution in [3.05, 3.63) is 59.5 Å². The van der Waals surface area contributed by atoms with Crippen LogP contribution in [0.1, 0.15) is 50.1 Å². The molecule has 3 aromatic rings.